The molecular formula is C26H24FN3O3S3. The van der Waals surface area contributed by atoms with Crippen molar-refractivity contribution in [1.29, 1.82) is 0 Å². The molecule has 5 rings (SSSR count). The fourth-order valence-corrected chi connectivity index (χ4v) is 7.49. The second-order valence-electron chi connectivity index (χ2n) is 8.63. The van der Waals surface area contributed by atoms with Gasteiger partial charge in [-0.2, -0.15) is 0 Å². The van der Waals surface area contributed by atoms with Gasteiger partial charge in [0.1, 0.15) is 26.9 Å². The molecule has 1 N–H and O–H groups in total. The molecule has 0 unspecified atom stereocenters. The summed E-state index contributed by atoms with van der Waals surface area (Å²) in [7, 11) is 0. The SMILES string of the molecule is CCOC(=O)c1sc2c(c1NC(=O)CSc1ncnc3scc(-c4ccc(F)cc4)c13)CC[C@H](C)C2. The molecule has 0 saturated heterocycles. The first-order valence-electron chi connectivity index (χ1n) is 11.7. The summed E-state index contributed by atoms with van der Waals surface area (Å²) in [4.78, 5) is 36.9. The van der Waals surface area contributed by atoms with Crippen LogP contribution in [0.1, 0.15) is 40.4 Å². The zero-order valence-electron chi connectivity index (χ0n) is 19.8. The summed E-state index contributed by atoms with van der Waals surface area (Å²) < 4.78 is 18.7. The first-order chi connectivity index (χ1) is 17.4. The van der Waals surface area contributed by atoms with E-state index in [1.807, 2.05) is 5.38 Å². The lowest BCUT2D eigenvalue weighted by Crippen LogP contribution is -2.18. The van der Waals surface area contributed by atoms with E-state index in [2.05, 4.69) is 22.2 Å². The number of anilines is 1. The van der Waals surface area contributed by atoms with Crippen LogP contribution in [-0.2, 0) is 22.4 Å². The normalized spacial score (nSPS) is 15.0. The number of carbonyl (C=O) groups excluding carboxylic acids is 2. The number of nitrogens with zero attached hydrogens (tertiary/aromatic N) is 2. The molecule has 1 aliphatic carbocycles. The highest BCUT2D eigenvalue weighted by Crippen LogP contribution is 2.41. The number of hydrogen-bond acceptors (Lipinski definition) is 8. The minimum absolute atomic E-state index is 0.119. The van der Waals surface area contributed by atoms with Gasteiger partial charge in [0.2, 0.25) is 5.91 Å². The quantitative estimate of drug-likeness (QED) is 0.161. The lowest BCUT2D eigenvalue weighted by molar-refractivity contribution is -0.113. The van der Waals surface area contributed by atoms with E-state index in [4.69, 9.17) is 4.74 Å². The predicted octanol–water partition coefficient (Wildman–Crippen LogP) is 6.59. The molecule has 1 aliphatic rings. The Morgan fingerprint density at radius 3 is 2.83 bits per heavy atom. The van der Waals surface area contributed by atoms with Crippen LogP contribution in [0.4, 0.5) is 10.1 Å². The molecule has 10 heteroatoms. The number of nitrogens with one attached hydrogen (secondary N) is 1. The van der Waals surface area contributed by atoms with Crippen molar-refractivity contribution in [2.75, 3.05) is 17.7 Å². The van der Waals surface area contributed by atoms with E-state index in [0.29, 0.717) is 21.5 Å². The molecule has 3 heterocycles. The molecule has 6 nitrogen and oxygen atoms in total. The summed E-state index contributed by atoms with van der Waals surface area (Å²) in [5.74, 6) is -0.240. The zero-order chi connectivity index (χ0) is 25.2. The number of halogens is 1. The van der Waals surface area contributed by atoms with E-state index in [9.17, 15) is 14.0 Å². The molecule has 0 radical (unpaired) electrons. The number of esters is 1. The Bertz CT molecular complexity index is 1430. The third-order valence-corrected chi connectivity index (χ3v) is 9.18. The van der Waals surface area contributed by atoms with Gasteiger partial charge in [0.05, 0.1) is 23.4 Å². The maximum absolute atomic E-state index is 13.4. The number of aromatic nitrogens is 2. The molecule has 186 valence electrons. The van der Waals surface area contributed by atoms with Gasteiger partial charge in [-0.05, 0) is 55.4 Å². The Hall–Kier alpha value is -2.82. The fraction of sp³-hybridized carbons (Fsp3) is 0.308. The van der Waals surface area contributed by atoms with Crippen molar-refractivity contribution in [3.05, 3.63) is 57.1 Å². The monoisotopic (exact) mass is 541 g/mol. The first-order valence-corrected chi connectivity index (χ1v) is 14.3. The number of fused-ring (bicyclic) bond motifs is 2. The number of carbonyl (C=O) groups is 2. The average Bonchev–Trinajstić information content (AvgIpc) is 3.45. The van der Waals surface area contributed by atoms with Crippen LogP contribution in [0.25, 0.3) is 21.3 Å². The molecule has 0 fully saturated rings. The minimum Gasteiger partial charge on any atom is -0.462 e. The molecule has 1 aromatic carbocycles. The largest absolute Gasteiger partial charge is 0.462 e. The summed E-state index contributed by atoms with van der Waals surface area (Å²) in [5.41, 5.74) is 3.42. The molecule has 0 aliphatic heterocycles. The van der Waals surface area contributed by atoms with Gasteiger partial charge in [-0.25, -0.2) is 19.2 Å². The van der Waals surface area contributed by atoms with Gasteiger partial charge in [-0.1, -0.05) is 30.8 Å². The highest BCUT2D eigenvalue weighted by molar-refractivity contribution is 8.00. The molecule has 4 aromatic rings. The average molecular weight is 542 g/mol. The third-order valence-electron chi connectivity index (χ3n) is 6.07. The number of rotatable bonds is 7. The number of thioether (sulfide) groups is 1. The van der Waals surface area contributed by atoms with Gasteiger partial charge in [0.25, 0.3) is 0 Å². The molecule has 0 bridgehead atoms. The van der Waals surface area contributed by atoms with Gasteiger partial charge >= 0.3 is 5.97 Å². The summed E-state index contributed by atoms with van der Waals surface area (Å²) in [6.45, 7) is 4.26. The van der Waals surface area contributed by atoms with Crippen LogP contribution in [0.5, 0.6) is 0 Å². The van der Waals surface area contributed by atoms with Gasteiger partial charge in [0, 0.05) is 15.8 Å². The Kier molecular flexibility index (Phi) is 7.36. The van der Waals surface area contributed by atoms with Crippen molar-refractivity contribution in [3.63, 3.8) is 0 Å². The fourth-order valence-electron chi connectivity index (χ4n) is 4.33. The zero-order valence-corrected chi connectivity index (χ0v) is 22.2. The maximum Gasteiger partial charge on any atom is 0.350 e. The van der Waals surface area contributed by atoms with Crippen molar-refractivity contribution in [3.8, 4) is 11.1 Å². The van der Waals surface area contributed by atoms with E-state index in [0.717, 1.165) is 51.0 Å². The number of thiophene rings is 2. The van der Waals surface area contributed by atoms with Crippen LogP contribution in [0.2, 0.25) is 0 Å². The summed E-state index contributed by atoms with van der Waals surface area (Å²) in [6, 6.07) is 6.30. The Morgan fingerprint density at radius 1 is 1.25 bits per heavy atom. The molecule has 1 amide bonds. The van der Waals surface area contributed by atoms with Gasteiger partial charge in [-0.15, -0.1) is 22.7 Å². The molecule has 0 saturated carbocycles. The lowest BCUT2D eigenvalue weighted by atomic mass is 9.89. The Balaban J connectivity index is 1.38. The van der Waals surface area contributed by atoms with Crippen molar-refractivity contribution in [2.24, 2.45) is 5.92 Å². The van der Waals surface area contributed by atoms with Crippen molar-refractivity contribution in [1.82, 2.24) is 9.97 Å². The van der Waals surface area contributed by atoms with Crippen LogP contribution in [-0.4, -0.2) is 34.2 Å². The second-order valence-corrected chi connectivity index (χ2v) is 11.6. The number of benzene rings is 1. The van der Waals surface area contributed by atoms with E-state index in [1.165, 1.54) is 52.9 Å². The van der Waals surface area contributed by atoms with E-state index in [-0.39, 0.29) is 24.1 Å². The van der Waals surface area contributed by atoms with Crippen LogP contribution in [0, 0.1) is 11.7 Å². The van der Waals surface area contributed by atoms with Crippen LogP contribution < -0.4 is 5.32 Å². The second kappa shape index (κ2) is 10.7. The molecule has 36 heavy (non-hydrogen) atoms. The number of hydrogen-bond donors (Lipinski definition) is 1. The standard InChI is InChI=1S/C26H24FN3O3S3/c1-3-33-26(32)23-22(17-9-4-14(2)10-19(17)36-23)30-20(31)12-35-25-21-18(11-34-24(21)28-13-29-25)15-5-7-16(27)8-6-15/h5-8,11,13-14H,3-4,9-10,12H2,1-2H3,(H,30,31)/t14-/m0/s1. The van der Waals surface area contributed by atoms with Gasteiger partial charge in [0.15, 0.2) is 0 Å². The van der Waals surface area contributed by atoms with Crippen LogP contribution in [0.15, 0.2) is 41.0 Å². The summed E-state index contributed by atoms with van der Waals surface area (Å²) in [6.07, 6.45) is 4.24. The van der Waals surface area contributed by atoms with E-state index in [1.54, 1.807) is 19.1 Å². The number of ether oxygens (including phenoxy) is 1. The van der Waals surface area contributed by atoms with Gasteiger partial charge < -0.3 is 10.1 Å². The number of amides is 1. The highest BCUT2D eigenvalue weighted by atomic mass is 32.2. The first kappa shape index (κ1) is 24.9. The van der Waals surface area contributed by atoms with Crippen molar-refractivity contribution in [2.45, 2.75) is 38.1 Å². The Morgan fingerprint density at radius 2 is 2.06 bits per heavy atom. The smallest absolute Gasteiger partial charge is 0.350 e. The van der Waals surface area contributed by atoms with E-state index >= 15 is 0 Å². The van der Waals surface area contributed by atoms with Gasteiger partial charge in [-0.3, -0.25) is 4.79 Å². The molecule has 1 atom stereocenters. The summed E-state index contributed by atoms with van der Waals surface area (Å²) >= 11 is 4.23. The van der Waals surface area contributed by atoms with Crippen molar-refractivity contribution >= 4 is 62.2 Å². The summed E-state index contributed by atoms with van der Waals surface area (Å²) in [5, 5.41) is 6.51. The molecule has 0 spiro atoms. The topological polar surface area (TPSA) is 81.2 Å². The molecular weight excluding hydrogens is 518 g/mol. The third kappa shape index (κ3) is 5.02. The molecule has 3 aromatic heterocycles. The highest BCUT2D eigenvalue weighted by Gasteiger charge is 2.28. The van der Waals surface area contributed by atoms with Crippen molar-refractivity contribution < 1.29 is 18.7 Å². The predicted molar refractivity (Wildman–Crippen MR) is 144 cm³/mol. The Labute approximate surface area is 220 Å². The van der Waals surface area contributed by atoms with Crippen LogP contribution in [0.3, 0.4) is 0 Å². The van der Waals surface area contributed by atoms with E-state index < -0.39 is 5.97 Å². The minimum atomic E-state index is -0.396. The maximum atomic E-state index is 13.4. The van der Waals surface area contributed by atoms with Crippen LogP contribution >= 0.6 is 34.4 Å². The lowest BCUT2D eigenvalue weighted by Gasteiger charge is -2.19.